The summed E-state index contributed by atoms with van der Waals surface area (Å²) in [7, 11) is 0. The molecule has 1 aromatic carbocycles. The summed E-state index contributed by atoms with van der Waals surface area (Å²) in [6.07, 6.45) is 4.60. The Morgan fingerprint density at radius 2 is 1.72 bits per heavy atom. The first kappa shape index (κ1) is 19.3. The van der Waals surface area contributed by atoms with Crippen molar-refractivity contribution < 1.29 is 14.3 Å². The van der Waals surface area contributed by atoms with E-state index in [9.17, 15) is 9.59 Å². The third-order valence-corrected chi connectivity index (χ3v) is 5.28. The molecule has 1 unspecified atom stereocenters. The van der Waals surface area contributed by atoms with Crippen LogP contribution in [0.15, 0.2) is 42.7 Å². The Bertz CT molecular complexity index is 850. The number of nitrogens with zero attached hydrogens (tertiary/aromatic N) is 5. The average Bonchev–Trinajstić information content (AvgIpc) is 3.07. The maximum Gasteiger partial charge on any atom is 0.251 e. The van der Waals surface area contributed by atoms with Crippen molar-refractivity contribution in [2.45, 2.75) is 25.8 Å². The summed E-state index contributed by atoms with van der Waals surface area (Å²) in [6, 6.07) is 8.54. The van der Waals surface area contributed by atoms with Gasteiger partial charge in [-0.1, -0.05) is 6.92 Å². The number of carbonyl (C=O) groups is 2. The fraction of sp³-hybridized carbons (Fsp3) is 0.429. The van der Waals surface area contributed by atoms with E-state index in [0.29, 0.717) is 31.3 Å². The highest BCUT2D eigenvalue weighted by Gasteiger charge is 2.43. The van der Waals surface area contributed by atoms with E-state index in [-0.39, 0.29) is 18.2 Å². The predicted molar refractivity (Wildman–Crippen MR) is 109 cm³/mol. The number of hydrogen-bond donors (Lipinski definition) is 0. The molecule has 0 saturated carbocycles. The molecule has 1 aromatic heterocycles. The van der Waals surface area contributed by atoms with E-state index in [4.69, 9.17) is 4.74 Å². The SMILES string of the molecule is CCCOc1ccc(N2C(=O)CC(N3CCN(c4ncccn4)CC3)C2=O)cc1. The van der Waals surface area contributed by atoms with Gasteiger partial charge >= 0.3 is 0 Å². The Morgan fingerprint density at radius 1 is 1.03 bits per heavy atom. The summed E-state index contributed by atoms with van der Waals surface area (Å²) in [5, 5.41) is 0. The normalized spacial score (nSPS) is 20.4. The number of amides is 2. The van der Waals surface area contributed by atoms with Gasteiger partial charge < -0.3 is 9.64 Å². The van der Waals surface area contributed by atoms with Crippen LogP contribution in [-0.4, -0.2) is 65.5 Å². The molecule has 1 atom stereocenters. The van der Waals surface area contributed by atoms with Crippen molar-refractivity contribution in [1.82, 2.24) is 14.9 Å². The van der Waals surface area contributed by atoms with Crippen LogP contribution in [0.4, 0.5) is 11.6 Å². The number of ether oxygens (including phenoxy) is 1. The second kappa shape index (κ2) is 8.57. The molecule has 3 heterocycles. The van der Waals surface area contributed by atoms with Gasteiger partial charge in [0.1, 0.15) is 5.75 Å². The smallest absolute Gasteiger partial charge is 0.251 e. The summed E-state index contributed by atoms with van der Waals surface area (Å²) in [5.74, 6) is 1.14. The maximum atomic E-state index is 13.0. The molecular formula is C21H25N5O3. The molecule has 0 N–H and O–H groups in total. The van der Waals surface area contributed by atoms with Crippen molar-refractivity contribution in [3.05, 3.63) is 42.7 Å². The molecule has 2 amide bonds. The van der Waals surface area contributed by atoms with Crippen molar-refractivity contribution in [3.63, 3.8) is 0 Å². The van der Waals surface area contributed by atoms with E-state index in [1.54, 1.807) is 42.7 Å². The van der Waals surface area contributed by atoms with E-state index < -0.39 is 6.04 Å². The fourth-order valence-electron chi connectivity index (χ4n) is 3.77. The van der Waals surface area contributed by atoms with Crippen LogP contribution in [0.1, 0.15) is 19.8 Å². The zero-order valence-corrected chi connectivity index (χ0v) is 16.5. The summed E-state index contributed by atoms with van der Waals surface area (Å²) < 4.78 is 5.58. The molecule has 2 aliphatic heterocycles. The van der Waals surface area contributed by atoms with Crippen LogP contribution in [0, 0.1) is 0 Å². The van der Waals surface area contributed by atoms with Gasteiger partial charge in [-0.2, -0.15) is 0 Å². The first-order valence-corrected chi connectivity index (χ1v) is 10.0. The van der Waals surface area contributed by atoms with Crippen LogP contribution in [0.25, 0.3) is 0 Å². The Labute approximate surface area is 170 Å². The zero-order valence-electron chi connectivity index (χ0n) is 16.5. The van der Waals surface area contributed by atoms with E-state index in [0.717, 1.165) is 25.3 Å². The second-order valence-corrected chi connectivity index (χ2v) is 7.20. The molecule has 2 saturated heterocycles. The maximum absolute atomic E-state index is 13.0. The summed E-state index contributed by atoms with van der Waals surface area (Å²) in [6.45, 7) is 5.53. The number of rotatable bonds is 6. The van der Waals surface area contributed by atoms with Gasteiger partial charge in [0.15, 0.2) is 0 Å². The number of anilines is 2. The van der Waals surface area contributed by atoms with Crippen LogP contribution in [0.5, 0.6) is 5.75 Å². The predicted octanol–water partition coefficient (Wildman–Crippen LogP) is 1.72. The van der Waals surface area contributed by atoms with Crippen LogP contribution < -0.4 is 14.5 Å². The molecule has 8 nitrogen and oxygen atoms in total. The molecule has 29 heavy (non-hydrogen) atoms. The highest BCUT2D eigenvalue weighted by molar-refractivity contribution is 6.22. The van der Waals surface area contributed by atoms with Crippen LogP contribution in [0.2, 0.25) is 0 Å². The number of benzene rings is 1. The summed E-state index contributed by atoms with van der Waals surface area (Å²) in [5.41, 5.74) is 0.600. The molecule has 2 aliphatic rings. The third kappa shape index (κ3) is 4.07. The van der Waals surface area contributed by atoms with Gasteiger partial charge in [-0.25, -0.2) is 14.9 Å². The largest absolute Gasteiger partial charge is 0.494 e. The molecule has 152 valence electrons. The van der Waals surface area contributed by atoms with Crippen molar-refractivity contribution in [2.75, 3.05) is 42.6 Å². The minimum absolute atomic E-state index is 0.151. The Morgan fingerprint density at radius 3 is 2.38 bits per heavy atom. The Kier molecular flexibility index (Phi) is 5.71. The van der Waals surface area contributed by atoms with Gasteiger partial charge in [0.05, 0.1) is 24.8 Å². The van der Waals surface area contributed by atoms with Crippen molar-refractivity contribution >= 4 is 23.5 Å². The Hall–Kier alpha value is -3.00. The highest BCUT2D eigenvalue weighted by atomic mass is 16.5. The number of carbonyl (C=O) groups excluding carboxylic acids is 2. The molecule has 4 rings (SSSR count). The molecule has 0 spiro atoms. The monoisotopic (exact) mass is 395 g/mol. The number of imide groups is 1. The quantitative estimate of drug-likeness (QED) is 0.689. The molecule has 0 aliphatic carbocycles. The lowest BCUT2D eigenvalue weighted by Gasteiger charge is -2.36. The fourth-order valence-corrected chi connectivity index (χ4v) is 3.77. The van der Waals surface area contributed by atoms with E-state index in [1.165, 1.54) is 4.90 Å². The molecule has 0 bridgehead atoms. The topological polar surface area (TPSA) is 78.9 Å². The molecule has 2 aromatic rings. The lowest BCUT2D eigenvalue weighted by Crippen LogP contribution is -2.53. The number of piperazine rings is 1. The van der Waals surface area contributed by atoms with Crippen molar-refractivity contribution in [1.29, 1.82) is 0 Å². The van der Waals surface area contributed by atoms with Gasteiger partial charge in [-0.15, -0.1) is 0 Å². The molecule has 0 radical (unpaired) electrons. The average molecular weight is 395 g/mol. The minimum atomic E-state index is -0.405. The second-order valence-electron chi connectivity index (χ2n) is 7.20. The summed E-state index contributed by atoms with van der Waals surface area (Å²) >= 11 is 0. The zero-order chi connectivity index (χ0) is 20.2. The van der Waals surface area contributed by atoms with E-state index in [1.807, 2.05) is 6.92 Å². The molecule has 2 fully saturated rings. The van der Waals surface area contributed by atoms with Gasteiger partial charge in [-0.3, -0.25) is 14.5 Å². The lowest BCUT2D eigenvalue weighted by molar-refractivity contribution is -0.123. The first-order chi connectivity index (χ1) is 14.2. The standard InChI is InChI=1S/C21H25N5O3/c1-2-14-29-17-6-4-16(5-7-17)26-19(27)15-18(20(26)28)24-10-12-25(13-11-24)21-22-8-3-9-23-21/h3-9,18H,2,10-15H2,1H3. The van der Waals surface area contributed by atoms with Gasteiger partial charge in [0, 0.05) is 38.6 Å². The first-order valence-electron chi connectivity index (χ1n) is 10.0. The number of aromatic nitrogens is 2. The molecular weight excluding hydrogens is 370 g/mol. The van der Waals surface area contributed by atoms with Gasteiger partial charge in [-0.05, 0) is 36.8 Å². The highest BCUT2D eigenvalue weighted by Crippen LogP contribution is 2.28. The minimum Gasteiger partial charge on any atom is -0.494 e. The van der Waals surface area contributed by atoms with Crippen LogP contribution in [-0.2, 0) is 9.59 Å². The van der Waals surface area contributed by atoms with E-state index in [2.05, 4.69) is 19.8 Å². The van der Waals surface area contributed by atoms with Crippen molar-refractivity contribution in [2.24, 2.45) is 0 Å². The lowest BCUT2D eigenvalue weighted by atomic mass is 10.2. The summed E-state index contributed by atoms with van der Waals surface area (Å²) in [4.78, 5) is 39.7. The van der Waals surface area contributed by atoms with Gasteiger partial charge in [0.25, 0.3) is 5.91 Å². The Balaban J connectivity index is 1.39. The van der Waals surface area contributed by atoms with Crippen LogP contribution in [0.3, 0.4) is 0 Å². The van der Waals surface area contributed by atoms with Crippen LogP contribution >= 0.6 is 0 Å². The van der Waals surface area contributed by atoms with E-state index >= 15 is 0 Å². The number of hydrogen-bond acceptors (Lipinski definition) is 7. The third-order valence-electron chi connectivity index (χ3n) is 5.28. The van der Waals surface area contributed by atoms with Crippen molar-refractivity contribution in [3.8, 4) is 5.75 Å². The molecule has 8 heteroatoms. The van der Waals surface area contributed by atoms with Gasteiger partial charge in [0.2, 0.25) is 11.9 Å².